The Morgan fingerprint density at radius 1 is 1.53 bits per heavy atom. The van der Waals surface area contributed by atoms with Crippen molar-refractivity contribution in [2.24, 2.45) is 0 Å². The third kappa shape index (κ3) is 3.37. The molecular weight excluding hydrogens is 250 g/mol. The van der Waals surface area contributed by atoms with Gasteiger partial charge in [0, 0.05) is 16.9 Å². The van der Waals surface area contributed by atoms with Crippen LogP contribution in [0, 0.1) is 19.3 Å². The standard InChI is InChI=1S/C13H16BrN/c1-4-5-6-13(15-3)11-8-7-10(2)12(14)9-11/h1,7-9,13,15H,5-6H2,2-3H3. The molecule has 0 spiro atoms. The quantitative estimate of drug-likeness (QED) is 0.823. The maximum Gasteiger partial charge on any atom is 0.0327 e. The average Bonchev–Trinajstić information content (AvgIpc) is 2.24. The third-order valence-electron chi connectivity index (χ3n) is 2.52. The number of halogens is 1. The van der Waals surface area contributed by atoms with E-state index in [0.29, 0.717) is 6.04 Å². The molecule has 0 aliphatic rings. The Kier molecular flexibility index (Phi) is 4.87. The highest BCUT2D eigenvalue weighted by Crippen LogP contribution is 2.24. The first-order valence-corrected chi connectivity index (χ1v) is 5.85. The number of terminal acetylenes is 1. The number of rotatable bonds is 4. The van der Waals surface area contributed by atoms with Gasteiger partial charge in [-0.1, -0.05) is 28.1 Å². The second-order valence-corrected chi connectivity index (χ2v) is 4.45. The SMILES string of the molecule is C#CCCC(NC)c1ccc(C)c(Br)c1. The molecule has 0 radical (unpaired) electrons. The molecule has 1 N–H and O–H groups in total. The summed E-state index contributed by atoms with van der Waals surface area (Å²) in [5, 5.41) is 3.28. The Morgan fingerprint density at radius 2 is 2.27 bits per heavy atom. The smallest absolute Gasteiger partial charge is 0.0327 e. The van der Waals surface area contributed by atoms with Crippen LogP contribution in [0.2, 0.25) is 0 Å². The van der Waals surface area contributed by atoms with Crippen molar-refractivity contribution in [1.82, 2.24) is 5.32 Å². The van der Waals surface area contributed by atoms with Gasteiger partial charge in [-0.15, -0.1) is 12.3 Å². The maximum absolute atomic E-state index is 5.28. The lowest BCUT2D eigenvalue weighted by Gasteiger charge is -2.16. The normalized spacial score (nSPS) is 12.1. The van der Waals surface area contributed by atoms with Gasteiger partial charge in [-0.3, -0.25) is 0 Å². The molecule has 1 aromatic carbocycles. The summed E-state index contributed by atoms with van der Waals surface area (Å²) in [5.74, 6) is 2.68. The Labute approximate surface area is 100 Å². The van der Waals surface area contributed by atoms with E-state index in [0.717, 1.165) is 17.3 Å². The van der Waals surface area contributed by atoms with E-state index in [1.807, 2.05) is 7.05 Å². The second-order valence-electron chi connectivity index (χ2n) is 3.59. The first-order valence-electron chi connectivity index (χ1n) is 5.05. The molecule has 0 fully saturated rings. The van der Waals surface area contributed by atoms with Crippen LogP contribution in [-0.2, 0) is 0 Å². The lowest BCUT2D eigenvalue weighted by atomic mass is 10.0. The van der Waals surface area contributed by atoms with Crippen LogP contribution in [0.15, 0.2) is 22.7 Å². The van der Waals surface area contributed by atoms with Gasteiger partial charge in [0.2, 0.25) is 0 Å². The molecule has 0 saturated heterocycles. The van der Waals surface area contributed by atoms with E-state index < -0.39 is 0 Å². The van der Waals surface area contributed by atoms with Crippen LogP contribution in [0.1, 0.15) is 30.0 Å². The molecule has 0 aliphatic heterocycles. The van der Waals surface area contributed by atoms with Gasteiger partial charge in [0.15, 0.2) is 0 Å². The van der Waals surface area contributed by atoms with Gasteiger partial charge in [-0.2, -0.15) is 0 Å². The molecule has 1 aromatic rings. The van der Waals surface area contributed by atoms with Gasteiger partial charge < -0.3 is 5.32 Å². The first kappa shape index (κ1) is 12.3. The summed E-state index contributed by atoms with van der Waals surface area (Å²) in [6.07, 6.45) is 7.05. The predicted molar refractivity (Wildman–Crippen MR) is 68.7 cm³/mol. The van der Waals surface area contributed by atoms with Crippen LogP contribution in [0.25, 0.3) is 0 Å². The number of hydrogen-bond acceptors (Lipinski definition) is 1. The van der Waals surface area contributed by atoms with Crippen molar-refractivity contribution in [3.8, 4) is 12.3 Å². The molecule has 0 heterocycles. The highest BCUT2D eigenvalue weighted by atomic mass is 79.9. The van der Waals surface area contributed by atoms with Crippen molar-refractivity contribution < 1.29 is 0 Å². The monoisotopic (exact) mass is 265 g/mol. The van der Waals surface area contributed by atoms with Crippen molar-refractivity contribution in [2.45, 2.75) is 25.8 Å². The van der Waals surface area contributed by atoms with Gasteiger partial charge in [-0.25, -0.2) is 0 Å². The fourth-order valence-corrected chi connectivity index (χ4v) is 1.93. The van der Waals surface area contributed by atoms with Gasteiger partial charge in [-0.05, 0) is 37.6 Å². The lowest BCUT2D eigenvalue weighted by Crippen LogP contribution is -2.16. The van der Waals surface area contributed by atoms with E-state index in [9.17, 15) is 0 Å². The third-order valence-corrected chi connectivity index (χ3v) is 3.38. The highest BCUT2D eigenvalue weighted by Gasteiger charge is 2.08. The van der Waals surface area contributed by atoms with E-state index in [1.54, 1.807) is 0 Å². The fraction of sp³-hybridized carbons (Fsp3) is 0.385. The van der Waals surface area contributed by atoms with E-state index >= 15 is 0 Å². The lowest BCUT2D eigenvalue weighted by molar-refractivity contribution is 0.558. The summed E-state index contributed by atoms with van der Waals surface area (Å²) in [4.78, 5) is 0. The van der Waals surface area contributed by atoms with Crippen molar-refractivity contribution in [1.29, 1.82) is 0 Å². The Balaban J connectivity index is 2.83. The molecule has 0 aromatic heterocycles. The van der Waals surface area contributed by atoms with E-state index in [1.165, 1.54) is 11.1 Å². The molecule has 1 unspecified atom stereocenters. The van der Waals surface area contributed by atoms with Gasteiger partial charge >= 0.3 is 0 Å². The summed E-state index contributed by atoms with van der Waals surface area (Å²) in [6.45, 7) is 2.09. The predicted octanol–water partition coefficient (Wildman–Crippen LogP) is 3.43. The largest absolute Gasteiger partial charge is 0.313 e. The van der Waals surface area contributed by atoms with Crippen molar-refractivity contribution in [3.63, 3.8) is 0 Å². The first-order chi connectivity index (χ1) is 7.19. The molecule has 0 saturated carbocycles. The van der Waals surface area contributed by atoms with Gasteiger partial charge in [0.05, 0.1) is 0 Å². The van der Waals surface area contributed by atoms with E-state index in [4.69, 9.17) is 6.42 Å². The number of nitrogens with one attached hydrogen (secondary N) is 1. The Morgan fingerprint density at radius 3 is 2.80 bits per heavy atom. The molecule has 0 aliphatic carbocycles. The van der Waals surface area contributed by atoms with Crippen LogP contribution in [-0.4, -0.2) is 7.05 Å². The molecular formula is C13H16BrN. The van der Waals surface area contributed by atoms with Crippen molar-refractivity contribution >= 4 is 15.9 Å². The zero-order valence-electron chi connectivity index (χ0n) is 9.18. The van der Waals surface area contributed by atoms with E-state index in [2.05, 4.69) is 52.3 Å². The minimum atomic E-state index is 0.345. The Bertz CT molecular complexity index is 365. The maximum atomic E-state index is 5.28. The van der Waals surface area contributed by atoms with Crippen LogP contribution < -0.4 is 5.32 Å². The second kappa shape index (κ2) is 5.95. The molecule has 15 heavy (non-hydrogen) atoms. The summed E-state index contributed by atoms with van der Waals surface area (Å²) in [5.41, 5.74) is 2.54. The minimum absolute atomic E-state index is 0.345. The molecule has 80 valence electrons. The van der Waals surface area contributed by atoms with E-state index in [-0.39, 0.29) is 0 Å². The topological polar surface area (TPSA) is 12.0 Å². The molecule has 1 nitrogen and oxygen atoms in total. The summed E-state index contributed by atoms with van der Waals surface area (Å²) >= 11 is 3.54. The summed E-state index contributed by atoms with van der Waals surface area (Å²) in [6, 6.07) is 6.78. The van der Waals surface area contributed by atoms with Crippen LogP contribution in [0.4, 0.5) is 0 Å². The Hall–Kier alpha value is -0.780. The van der Waals surface area contributed by atoms with Crippen molar-refractivity contribution in [3.05, 3.63) is 33.8 Å². The number of aryl methyl sites for hydroxylation is 1. The fourth-order valence-electron chi connectivity index (χ4n) is 1.53. The zero-order valence-corrected chi connectivity index (χ0v) is 10.8. The minimum Gasteiger partial charge on any atom is -0.313 e. The van der Waals surface area contributed by atoms with Crippen LogP contribution in [0.3, 0.4) is 0 Å². The molecule has 1 atom stereocenters. The molecule has 0 amide bonds. The van der Waals surface area contributed by atoms with Crippen molar-refractivity contribution in [2.75, 3.05) is 7.05 Å². The highest BCUT2D eigenvalue weighted by molar-refractivity contribution is 9.10. The van der Waals surface area contributed by atoms with Crippen LogP contribution in [0.5, 0.6) is 0 Å². The van der Waals surface area contributed by atoms with Crippen LogP contribution >= 0.6 is 15.9 Å². The molecule has 2 heteroatoms. The summed E-state index contributed by atoms with van der Waals surface area (Å²) in [7, 11) is 1.97. The average molecular weight is 266 g/mol. The van der Waals surface area contributed by atoms with Gasteiger partial charge in [0.25, 0.3) is 0 Å². The molecule has 0 bridgehead atoms. The summed E-state index contributed by atoms with van der Waals surface area (Å²) < 4.78 is 1.15. The number of benzene rings is 1. The number of hydrogen-bond donors (Lipinski definition) is 1. The van der Waals surface area contributed by atoms with Gasteiger partial charge in [0.1, 0.15) is 0 Å². The molecule has 1 rings (SSSR count). The zero-order chi connectivity index (χ0) is 11.3.